The van der Waals surface area contributed by atoms with Crippen LogP contribution in [0.15, 0.2) is 83.3 Å². The number of rotatable bonds is 6. The molecule has 0 radical (unpaired) electrons. The van der Waals surface area contributed by atoms with Gasteiger partial charge < -0.3 is 4.18 Å². The van der Waals surface area contributed by atoms with Crippen molar-refractivity contribution >= 4 is 57.0 Å². The summed E-state index contributed by atoms with van der Waals surface area (Å²) in [5.41, 5.74) is -0.996. The topological polar surface area (TPSA) is 153 Å². The Kier molecular flexibility index (Phi) is 6.55. The quantitative estimate of drug-likeness (QED) is 0.167. The molecule has 1 saturated heterocycles. The molecule has 36 heavy (non-hydrogen) atoms. The van der Waals surface area contributed by atoms with Gasteiger partial charge in [-0.25, -0.2) is 9.69 Å². The van der Waals surface area contributed by atoms with Gasteiger partial charge in [0, 0.05) is 22.7 Å². The van der Waals surface area contributed by atoms with Gasteiger partial charge in [0.1, 0.15) is 16.2 Å². The number of nitrogens with zero attached hydrogens (tertiary/aromatic N) is 2. The highest BCUT2D eigenvalue weighted by Crippen LogP contribution is 2.29. The van der Waals surface area contributed by atoms with Crippen LogP contribution in [-0.4, -0.2) is 31.2 Å². The van der Waals surface area contributed by atoms with Crippen molar-refractivity contribution in [2.75, 3.05) is 4.90 Å². The van der Waals surface area contributed by atoms with Crippen molar-refractivity contribution in [3.8, 4) is 5.75 Å². The summed E-state index contributed by atoms with van der Waals surface area (Å²) in [7, 11) is -4.30. The zero-order valence-electron chi connectivity index (χ0n) is 18.0. The molecular formula is C23H14ClN3O8S. The Balaban J connectivity index is 1.71. The van der Waals surface area contributed by atoms with E-state index in [1.54, 1.807) is 0 Å². The number of halogens is 1. The number of nitro benzene ring substituents is 1. The van der Waals surface area contributed by atoms with Gasteiger partial charge in [-0.3, -0.25) is 25.0 Å². The van der Waals surface area contributed by atoms with Crippen LogP contribution in [0.2, 0.25) is 5.02 Å². The van der Waals surface area contributed by atoms with Crippen LogP contribution in [0.1, 0.15) is 5.56 Å². The molecule has 0 bridgehead atoms. The van der Waals surface area contributed by atoms with E-state index in [0.717, 1.165) is 12.1 Å². The van der Waals surface area contributed by atoms with E-state index in [1.807, 2.05) is 5.32 Å². The van der Waals surface area contributed by atoms with Crippen LogP contribution >= 0.6 is 11.6 Å². The number of carbonyl (C=O) groups is 3. The second-order valence-corrected chi connectivity index (χ2v) is 9.25. The minimum atomic E-state index is -4.30. The van der Waals surface area contributed by atoms with Crippen molar-refractivity contribution in [1.29, 1.82) is 0 Å². The summed E-state index contributed by atoms with van der Waals surface area (Å²) in [6, 6.07) is 14.6. The summed E-state index contributed by atoms with van der Waals surface area (Å²) in [5, 5.41) is 13.4. The molecule has 0 atom stereocenters. The second kappa shape index (κ2) is 9.60. The molecule has 0 spiro atoms. The highest BCUT2D eigenvalue weighted by molar-refractivity contribution is 7.87. The van der Waals surface area contributed by atoms with Gasteiger partial charge in [0.05, 0.1) is 10.6 Å². The lowest BCUT2D eigenvalue weighted by Gasteiger charge is -2.26. The predicted molar refractivity (Wildman–Crippen MR) is 128 cm³/mol. The minimum absolute atomic E-state index is 0.0434. The Morgan fingerprint density at radius 3 is 2.36 bits per heavy atom. The van der Waals surface area contributed by atoms with Crippen molar-refractivity contribution in [3.63, 3.8) is 0 Å². The van der Waals surface area contributed by atoms with Crippen molar-refractivity contribution in [2.45, 2.75) is 4.90 Å². The number of para-hydroxylation sites is 1. The lowest BCUT2D eigenvalue weighted by Crippen LogP contribution is -2.54. The van der Waals surface area contributed by atoms with Crippen molar-refractivity contribution < 1.29 is 31.9 Å². The molecule has 3 aromatic rings. The smallest absolute Gasteiger partial charge is 0.339 e. The maximum absolute atomic E-state index is 13.1. The monoisotopic (exact) mass is 527 g/mol. The summed E-state index contributed by atoms with van der Waals surface area (Å²) in [5.74, 6) is -2.30. The minimum Gasteiger partial charge on any atom is -0.378 e. The van der Waals surface area contributed by atoms with E-state index in [9.17, 15) is 32.9 Å². The first-order chi connectivity index (χ1) is 17.1. The molecule has 1 aliphatic heterocycles. The fourth-order valence-electron chi connectivity index (χ4n) is 3.24. The van der Waals surface area contributed by atoms with Gasteiger partial charge in [0.25, 0.3) is 17.5 Å². The Labute approximate surface area is 208 Å². The first-order valence-electron chi connectivity index (χ1n) is 10.0. The summed E-state index contributed by atoms with van der Waals surface area (Å²) < 4.78 is 30.7. The fourth-order valence-corrected chi connectivity index (χ4v) is 4.32. The van der Waals surface area contributed by atoms with Crippen LogP contribution < -0.4 is 14.4 Å². The Morgan fingerprint density at radius 1 is 0.972 bits per heavy atom. The van der Waals surface area contributed by atoms with E-state index in [2.05, 4.69) is 0 Å². The number of hydrogen-bond donors (Lipinski definition) is 1. The van der Waals surface area contributed by atoms with Crippen LogP contribution in [0, 0.1) is 10.1 Å². The lowest BCUT2D eigenvalue weighted by atomic mass is 10.1. The molecule has 1 fully saturated rings. The molecule has 0 aliphatic carbocycles. The number of anilines is 1. The van der Waals surface area contributed by atoms with Crippen LogP contribution in [0.4, 0.5) is 16.2 Å². The number of urea groups is 1. The number of nitro groups is 1. The number of benzene rings is 3. The van der Waals surface area contributed by atoms with E-state index in [1.165, 1.54) is 66.7 Å². The molecule has 1 N–H and O–H groups in total. The summed E-state index contributed by atoms with van der Waals surface area (Å²) in [6.45, 7) is 0. The van der Waals surface area contributed by atoms with Gasteiger partial charge in [-0.1, -0.05) is 35.9 Å². The Hall–Kier alpha value is -4.55. The summed E-state index contributed by atoms with van der Waals surface area (Å²) in [4.78, 5) is 48.8. The number of nitrogens with one attached hydrogen (secondary N) is 1. The standard InChI is InChI=1S/C23H14ClN3O8S/c24-15-8-10-18(11-9-15)36(33,34)35-20-7-2-1-4-14(20)12-19-21(28)25-23(30)26(22(19)29)16-5-3-6-17(13-16)27(31)32/h1-13H,(H,25,28,30)/b19-12+. The maximum atomic E-state index is 13.1. The number of barbiturate groups is 1. The summed E-state index contributed by atoms with van der Waals surface area (Å²) in [6.07, 6.45) is 1.06. The Bertz CT molecular complexity index is 1550. The lowest BCUT2D eigenvalue weighted by molar-refractivity contribution is -0.384. The van der Waals surface area contributed by atoms with E-state index in [-0.39, 0.29) is 27.6 Å². The van der Waals surface area contributed by atoms with Crippen LogP contribution in [0.5, 0.6) is 5.75 Å². The van der Waals surface area contributed by atoms with Crippen molar-refractivity contribution in [3.05, 3.63) is 99.1 Å². The number of non-ortho nitro benzene ring substituents is 1. The molecular weight excluding hydrogens is 514 g/mol. The Morgan fingerprint density at radius 2 is 1.67 bits per heavy atom. The van der Waals surface area contributed by atoms with Crippen molar-refractivity contribution in [2.24, 2.45) is 0 Å². The molecule has 11 nitrogen and oxygen atoms in total. The number of carbonyl (C=O) groups excluding carboxylic acids is 3. The van der Waals surface area contributed by atoms with Gasteiger partial charge in [0.15, 0.2) is 0 Å². The van der Waals surface area contributed by atoms with Gasteiger partial charge in [-0.2, -0.15) is 8.42 Å². The van der Waals surface area contributed by atoms with Gasteiger partial charge in [-0.05, 0) is 42.5 Å². The molecule has 13 heteroatoms. The molecule has 1 aliphatic rings. The summed E-state index contributed by atoms with van der Waals surface area (Å²) >= 11 is 5.80. The van der Waals surface area contributed by atoms with E-state index >= 15 is 0 Å². The molecule has 4 rings (SSSR count). The highest BCUT2D eigenvalue weighted by Gasteiger charge is 2.37. The average molecular weight is 528 g/mol. The molecule has 0 aromatic heterocycles. The van der Waals surface area contributed by atoms with Crippen LogP contribution in [0.3, 0.4) is 0 Å². The third-order valence-electron chi connectivity index (χ3n) is 4.92. The number of hydrogen-bond acceptors (Lipinski definition) is 8. The van der Waals surface area contributed by atoms with Crippen molar-refractivity contribution in [1.82, 2.24) is 5.32 Å². The van der Waals surface area contributed by atoms with E-state index in [4.69, 9.17) is 15.8 Å². The molecule has 0 saturated carbocycles. The second-order valence-electron chi connectivity index (χ2n) is 7.26. The zero-order chi connectivity index (χ0) is 26.0. The fraction of sp³-hybridized carbons (Fsp3) is 0. The SMILES string of the molecule is O=C1NC(=O)N(c2cccc([N+](=O)[O-])c2)C(=O)/C1=C/c1ccccc1OS(=O)(=O)c1ccc(Cl)cc1. The first kappa shape index (κ1) is 24.6. The third-order valence-corrected chi connectivity index (χ3v) is 6.42. The molecule has 3 aromatic carbocycles. The number of imide groups is 2. The molecule has 1 heterocycles. The third kappa shape index (κ3) is 4.94. The van der Waals surface area contributed by atoms with Crippen LogP contribution in [-0.2, 0) is 19.7 Å². The van der Waals surface area contributed by atoms with Gasteiger partial charge in [-0.15, -0.1) is 0 Å². The van der Waals surface area contributed by atoms with Gasteiger partial charge >= 0.3 is 16.1 Å². The van der Waals surface area contributed by atoms with Gasteiger partial charge in [0.2, 0.25) is 0 Å². The normalized spacial score (nSPS) is 15.1. The maximum Gasteiger partial charge on any atom is 0.339 e. The van der Waals surface area contributed by atoms with E-state index < -0.39 is 38.5 Å². The molecule has 4 amide bonds. The zero-order valence-corrected chi connectivity index (χ0v) is 19.5. The van der Waals surface area contributed by atoms with E-state index in [0.29, 0.717) is 9.92 Å². The van der Waals surface area contributed by atoms with Crippen LogP contribution in [0.25, 0.3) is 6.08 Å². The highest BCUT2D eigenvalue weighted by atomic mass is 35.5. The first-order valence-corrected chi connectivity index (χ1v) is 11.8. The average Bonchev–Trinajstić information content (AvgIpc) is 2.83. The number of amides is 4. The predicted octanol–water partition coefficient (Wildman–Crippen LogP) is 3.68. The largest absolute Gasteiger partial charge is 0.378 e. The molecule has 182 valence electrons. The molecule has 0 unspecified atom stereocenters.